The van der Waals surface area contributed by atoms with Crippen molar-refractivity contribution in [2.24, 2.45) is 0 Å². The van der Waals surface area contributed by atoms with Gasteiger partial charge in [-0.15, -0.1) is 0 Å². The smallest absolute Gasteiger partial charge is 0.335 e. The third-order valence-electron chi connectivity index (χ3n) is 3.85. The first-order valence-electron chi connectivity index (χ1n) is 9.27. The van der Waals surface area contributed by atoms with Gasteiger partial charge in [-0.3, -0.25) is 17.6 Å². The van der Waals surface area contributed by atoms with Gasteiger partial charge in [0.25, 0.3) is 0 Å². The van der Waals surface area contributed by atoms with Crippen LogP contribution in [0.5, 0.6) is 0 Å². The number of rotatable bonds is 4. The number of hydrogen-bond donors (Lipinski definition) is 0. The van der Waals surface area contributed by atoms with Gasteiger partial charge in [0.2, 0.25) is 18.4 Å². The minimum atomic E-state index is -4.02. The number of ether oxygens (including phenoxy) is 4. The molecule has 0 N–H and O–H groups in total. The van der Waals surface area contributed by atoms with Crippen molar-refractivity contribution in [2.75, 3.05) is 68.7 Å². The predicted octanol–water partition coefficient (Wildman–Crippen LogP) is 9.01. The fraction of sp³-hybridized carbons (Fsp3) is 1.00. The molecular weight excluding hydrogens is 530 g/mol. The molecule has 0 aromatic rings. The van der Waals surface area contributed by atoms with E-state index in [4.69, 9.17) is 9.47 Å². The van der Waals surface area contributed by atoms with Gasteiger partial charge in [0.15, 0.2) is 5.79 Å². The molecule has 2 saturated heterocycles. The lowest BCUT2D eigenvalue weighted by atomic mass is 9.94. The molecule has 0 spiro atoms. The summed E-state index contributed by atoms with van der Waals surface area (Å²) in [6.45, 7) is 3.31. The quantitative estimate of drug-likeness (QED) is 0.309. The molecule has 240 valence electrons. The first-order chi connectivity index (χ1) is 15.4. The minimum absolute atomic E-state index is 0. The lowest BCUT2D eigenvalue weighted by Gasteiger charge is -2.37. The minimum Gasteiger partial charge on any atom is -0.348 e. The normalized spacial score (nSPS) is 16.7. The Balaban J connectivity index is -0.0000000423. The predicted molar refractivity (Wildman–Crippen MR) is 133 cm³/mol. The molecule has 1 atom stereocenters. The second-order valence-electron chi connectivity index (χ2n) is 5.83. The van der Waals surface area contributed by atoms with Crippen LogP contribution < -0.4 is 0 Å². The van der Waals surface area contributed by atoms with Gasteiger partial charge in [-0.05, 0) is 27.2 Å². The summed E-state index contributed by atoms with van der Waals surface area (Å²) in [6, 6.07) is 0. The lowest BCUT2D eigenvalue weighted by Crippen LogP contribution is -2.59. The van der Waals surface area contributed by atoms with E-state index in [1.165, 1.54) is 0 Å². The van der Waals surface area contributed by atoms with Crippen LogP contribution in [0.3, 0.4) is 0 Å². The average Bonchev–Trinajstić information content (AvgIpc) is 3.50. The Morgan fingerprint density at radius 2 is 0.865 bits per heavy atom. The van der Waals surface area contributed by atoms with Crippen molar-refractivity contribution in [3.8, 4) is 0 Å². The highest BCUT2D eigenvalue weighted by molar-refractivity contribution is 5.00. The Hall–Kier alpha value is -0.860. The van der Waals surface area contributed by atoms with Crippen LogP contribution in [0.15, 0.2) is 0 Å². The van der Waals surface area contributed by atoms with Gasteiger partial charge in [0.05, 0.1) is 55.1 Å². The third kappa shape index (κ3) is 22.8. The van der Waals surface area contributed by atoms with Crippen LogP contribution in [-0.4, -0.2) is 91.9 Å². The molecule has 0 aromatic heterocycles. The lowest BCUT2D eigenvalue weighted by molar-refractivity contribution is -0.321. The van der Waals surface area contributed by atoms with E-state index in [1.54, 1.807) is 0 Å². The standard InChI is InChI=1S/C8H12F4O2.C6H12O2.CH2F2.4CH3F.4CH4/c1-6(10,5-9)8(11,12)7(2)13-3-4-14-7;1-3-6(2)7-4-5-8-6;2-1-3;4*1-2;;;;/h3-5H2,1-2H3;3-5H2,1-2H3;1H2;4*1H3;4*1H4. The fourth-order valence-electron chi connectivity index (χ4n) is 2.01. The molecule has 0 bridgehead atoms. The zero-order valence-corrected chi connectivity index (χ0v) is 20.4. The Bertz CT molecular complexity index is 383. The SMILES string of the molecule is C.C.C.C.CC(F)(CF)C(F)(F)C1(C)OCCO1.CCC1(C)OCCO1.CF.CF.CF.CF.FCF. The van der Waals surface area contributed by atoms with Crippen LogP contribution in [0.25, 0.3) is 0 Å². The highest BCUT2D eigenvalue weighted by atomic mass is 19.3. The molecule has 2 rings (SSSR count). The Morgan fingerprint density at radius 1 is 0.622 bits per heavy atom. The van der Waals surface area contributed by atoms with Crippen molar-refractivity contribution in [1.29, 1.82) is 0 Å². The zero-order valence-electron chi connectivity index (χ0n) is 20.4. The van der Waals surface area contributed by atoms with Crippen molar-refractivity contribution in [1.82, 2.24) is 0 Å². The van der Waals surface area contributed by atoms with E-state index in [-0.39, 0.29) is 48.7 Å². The molecule has 2 heterocycles. The van der Waals surface area contributed by atoms with Crippen LogP contribution in [-0.2, 0) is 18.9 Å². The van der Waals surface area contributed by atoms with Crippen molar-refractivity contribution in [3.63, 3.8) is 0 Å². The summed E-state index contributed by atoms with van der Waals surface area (Å²) >= 11 is 0. The summed E-state index contributed by atoms with van der Waals surface area (Å²) in [5, 5.41) is 0. The molecule has 2 aliphatic rings. The maximum Gasteiger partial charge on any atom is 0.335 e. The van der Waals surface area contributed by atoms with E-state index in [0.717, 1.165) is 26.6 Å². The van der Waals surface area contributed by atoms with Crippen LogP contribution in [0, 0.1) is 0 Å². The molecular formula is C23H54F10O4. The molecule has 2 aliphatic heterocycles. The molecule has 2 fully saturated rings. The molecule has 0 aromatic carbocycles. The van der Waals surface area contributed by atoms with Crippen LogP contribution in [0.1, 0.15) is 63.8 Å². The molecule has 4 nitrogen and oxygen atoms in total. The van der Waals surface area contributed by atoms with Crippen LogP contribution in [0.4, 0.5) is 43.9 Å². The molecule has 37 heavy (non-hydrogen) atoms. The van der Waals surface area contributed by atoms with Crippen molar-refractivity contribution < 1.29 is 62.9 Å². The van der Waals surface area contributed by atoms with E-state index in [2.05, 4.69) is 16.4 Å². The molecule has 0 aliphatic carbocycles. The molecule has 14 heteroatoms. The van der Waals surface area contributed by atoms with E-state index < -0.39 is 31.0 Å². The largest absolute Gasteiger partial charge is 0.348 e. The number of hydrogen-bond acceptors (Lipinski definition) is 4. The molecule has 0 saturated carbocycles. The van der Waals surface area contributed by atoms with Gasteiger partial charge in [-0.25, -0.2) is 17.6 Å². The van der Waals surface area contributed by atoms with E-state index in [1.807, 2.05) is 6.92 Å². The first-order valence-corrected chi connectivity index (χ1v) is 9.27. The Kier molecular flexibility index (Phi) is 57.5. The topological polar surface area (TPSA) is 36.9 Å². The number of alkyl halides is 10. The van der Waals surface area contributed by atoms with Gasteiger partial charge in [0.1, 0.15) is 6.67 Å². The van der Waals surface area contributed by atoms with Gasteiger partial charge in [-0.2, -0.15) is 8.78 Å². The zero-order chi connectivity index (χ0) is 27.8. The third-order valence-corrected chi connectivity index (χ3v) is 3.85. The van der Waals surface area contributed by atoms with Crippen LogP contribution >= 0.6 is 0 Å². The summed E-state index contributed by atoms with van der Waals surface area (Å²) in [5.74, 6) is -6.66. The molecule has 1 unspecified atom stereocenters. The summed E-state index contributed by atoms with van der Waals surface area (Å²) in [4.78, 5) is 0. The molecule has 0 radical (unpaired) electrons. The highest BCUT2D eigenvalue weighted by Gasteiger charge is 2.66. The van der Waals surface area contributed by atoms with Crippen LogP contribution in [0.2, 0.25) is 0 Å². The number of halogens is 10. The van der Waals surface area contributed by atoms with Gasteiger partial charge < -0.3 is 18.9 Å². The fourth-order valence-corrected chi connectivity index (χ4v) is 2.01. The maximum atomic E-state index is 13.4. The van der Waals surface area contributed by atoms with Crippen molar-refractivity contribution >= 4 is 0 Å². The maximum absolute atomic E-state index is 13.4. The van der Waals surface area contributed by atoms with Crippen molar-refractivity contribution in [3.05, 3.63) is 0 Å². The first kappa shape index (κ1) is 60.6. The second kappa shape index (κ2) is 35.1. The summed E-state index contributed by atoms with van der Waals surface area (Å²) in [5.41, 5.74) is -3.29. The van der Waals surface area contributed by atoms with E-state index >= 15 is 0 Å². The average molecular weight is 585 g/mol. The summed E-state index contributed by atoms with van der Waals surface area (Å²) in [6.07, 6.45) is 0.938. The Labute approximate surface area is 219 Å². The Morgan fingerprint density at radius 3 is 1.05 bits per heavy atom. The van der Waals surface area contributed by atoms with Gasteiger partial charge in [-0.1, -0.05) is 36.6 Å². The highest BCUT2D eigenvalue weighted by Crippen LogP contribution is 2.45. The second-order valence-corrected chi connectivity index (χ2v) is 5.83. The summed E-state index contributed by atoms with van der Waals surface area (Å²) in [7, 11) is 2.00. The van der Waals surface area contributed by atoms with Gasteiger partial charge >= 0.3 is 5.92 Å². The van der Waals surface area contributed by atoms with Crippen molar-refractivity contribution in [2.45, 2.75) is 87.0 Å². The monoisotopic (exact) mass is 584 g/mol. The summed E-state index contributed by atoms with van der Waals surface area (Å²) < 4.78 is 129. The van der Waals surface area contributed by atoms with E-state index in [0.29, 0.717) is 35.6 Å². The molecule has 0 amide bonds. The van der Waals surface area contributed by atoms with Gasteiger partial charge in [0, 0.05) is 0 Å². The van der Waals surface area contributed by atoms with E-state index in [9.17, 15) is 43.9 Å².